The summed E-state index contributed by atoms with van der Waals surface area (Å²) in [5, 5.41) is 21.8. The average Bonchev–Trinajstić information content (AvgIpc) is 3.42. The smallest absolute Gasteiger partial charge is 0.333 e. The highest BCUT2D eigenvalue weighted by Crippen LogP contribution is 2.72. The van der Waals surface area contributed by atoms with Gasteiger partial charge in [0.2, 0.25) is 0 Å². The van der Waals surface area contributed by atoms with Gasteiger partial charge in [0.15, 0.2) is 0 Å². The predicted molar refractivity (Wildman–Crippen MR) is 99.6 cm³/mol. The van der Waals surface area contributed by atoms with E-state index in [4.69, 9.17) is 18.9 Å². The number of ether oxygens (including phenoxy) is 4. The van der Waals surface area contributed by atoms with Crippen LogP contribution in [0, 0.1) is 10.8 Å². The normalized spacial score (nSPS) is 47.2. The van der Waals surface area contributed by atoms with Crippen LogP contribution in [-0.2, 0) is 28.5 Å². The average molecular weight is 408 g/mol. The highest BCUT2D eigenvalue weighted by atomic mass is 16.7. The van der Waals surface area contributed by atoms with Crippen molar-refractivity contribution < 1.29 is 38.7 Å². The number of epoxide rings is 1. The molecule has 29 heavy (non-hydrogen) atoms. The van der Waals surface area contributed by atoms with Crippen molar-refractivity contribution in [3.05, 3.63) is 23.8 Å². The minimum Gasteiger partial charge on any atom is -0.465 e. The van der Waals surface area contributed by atoms with E-state index in [0.29, 0.717) is 6.61 Å². The maximum Gasteiger partial charge on any atom is 0.333 e. The Morgan fingerprint density at radius 3 is 2.55 bits per heavy atom. The number of fused-ring (bicyclic) bond motifs is 2. The van der Waals surface area contributed by atoms with Gasteiger partial charge < -0.3 is 29.2 Å². The topological polar surface area (TPSA) is 115 Å². The number of carbonyl (C=O) groups excluding carboxylic acids is 2. The van der Waals surface area contributed by atoms with Crippen molar-refractivity contribution in [1.29, 1.82) is 0 Å². The molecule has 8 heteroatoms. The Kier molecular flexibility index (Phi) is 4.51. The fraction of sp³-hybridized carbons (Fsp3) is 0.714. The molecule has 0 aromatic carbocycles. The molecule has 0 aromatic heterocycles. The van der Waals surface area contributed by atoms with Crippen LogP contribution < -0.4 is 0 Å². The monoisotopic (exact) mass is 408 g/mol. The quantitative estimate of drug-likeness (QED) is 0.302. The van der Waals surface area contributed by atoms with E-state index >= 15 is 0 Å². The summed E-state index contributed by atoms with van der Waals surface area (Å²) < 4.78 is 23.3. The molecule has 2 bridgehead atoms. The van der Waals surface area contributed by atoms with Crippen LogP contribution in [0.2, 0.25) is 0 Å². The molecule has 2 saturated heterocycles. The summed E-state index contributed by atoms with van der Waals surface area (Å²) in [7, 11) is 0. The first-order valence-electron chi connectivity index (χ1n) is 9.84. The molecule has 4 rings (SSSR count). The lowest BCUT2D eigenvalue weighted by Gasteiger charge is -2.58. The van der Waals surface area contributed by atoms with Crippen LogP contribution in [0.3, 0.4) is 0 Å². The third-order valence-corrected chi connectivity index (χ3v) is 7.47. The Hall–Kier alpha value is -1.74. The molecule has 1 spiro atoms. The van der Waals surface area contributed by atoms with Crippen LogP contribution in [0.25, 0.3) is 0 Å². The van der Waals surface area contributed by atoms with Crippen molar-refractivity contribution >= 4 is 11.9 Å². The van der Waals surface area contributed by atoms with Crippen molar-refractivity contribution in [3.63, 3.8) is 0 Å². The molecular weight excluding hydrogens is 380 g/mol. The van der Waals surface area contributed by atoms with E-state index in [0.717, 1.165) is 5.57 Å². The summed E-state index contributed by atoms with van der Waals surface area (Å²) in [5.74, 6) is -1.09. The van der Waals surface area contributed by atoms with Crippen LogP contribution >= 0.6 is 0 Å². The van der Waals surface area contributed by atoms with E-state index in [1.807, 2.05) is 13.0 Å². The van der Waals surface area contributed by atoms with E-state index in [9.17, 15) is 19.8 Å². The molecular formula is C21H28O8. The Morgan fingerprint density at radius 2 is 2.00 bits per heavy atom. The molecule has 0 radical (unpaired) electrons. The third kappa shape index (κ3) is 2.52. The van der Waals surface area contributed by atoms with Crippen molar-refractivity contribution in [3.8, 4) is 0 Å². The van der Waals surface area contributed by atoms with Gasteiger partial charge in [-0.2, -0.15) is 0 Å². The molecule has 0 unspecified atom stereocenters. The largest absolute Gasteiger partial charge is 0.465 e. The standard InChI is InChI=1S/C21H28O8/c1-10(2)18(25)29-16-15(24)17-21(9-27-21)19(16,5)20(8-26-12(4)22)7-13(23)11(3)6-14(20)28-17/h6,13-17,23-24H,1,7-9H2,2-5H3/t13-,14-,15-,16-,17-,19-,20-,21+/m1/s1. The third-order valence-electron chi connectivity index (χ3n) is 7.47. The molecule has 2 heterocycles. The van der Waals surface area contributed by atoms with Gasteiger partial charge in [-0.25, -0.2) is 4.79 Å². The molecule has 0 aromatic rings. The molecule has 1 saturated carbocycles. The molecule has 3 fully saturated rings. The van der Waals surface area contributed by atoms with Gasteiger partial charge in [0.25, 0.3) is 0 Å². The number of carbonyl (C=O) groups is 2. The van der Waals surface area contributed by atoms with Gasteiger partial charge in [-0.15, -0.1) is 0 Å². The Morgan fingerprint density at radius 1 is 1.34 bits per heavy atom. The first kappa shape index (κ1) is 20.5. The van der Waals surface area contributed by atoms with Crippen LogP contribution in [-0.4, -0.2) is 71.5 Å². The van der Waals surface area contributed by atoms with Crippen molar-refractivity contribution in [1.82, 2.24) is 0 Å². The summed E-state index contributed by atoms with van der Waals surface area (Å²) in [5.41, 5.74) is -1.86. The maximum absolute atomic E-state index is 12.4. The molecule has 0 amide bonds. The van der Waals surface area contributed by atoms with Crippen LogP contribution in [0.5, 0.6) is 0 Å². The summed E-state index contributed by atoms with van der Waals surface area (Å²) >= 11 is 0. The maximum atomic E-state index is 12.4. The SMILES string of the molecule is C=C(C)C(=O)O[C@@H]1[C@@H](O)[C@H]2O[C@@H]3C=C(C)[C@H](O)C[C@]3(COC(C)=O)[C@]1(C)[C@]21CO1. The molecule has 160 valence electrons. The van der Waals surface area contributed by atoms with Crippen LogP contribution in [0.4, 0.5) is 0 Å². The van der Waals surface area contributed by atoms with E-state index in [1.165, 1.54) is 13.8 Å². The Bertz CT molecular complexity index is 799. The minimum absolute atomic E-state index is 0.0595. The van der Waals surface area contributed by atoms with Gasteiger partial charge in [0.05, 0.1) is 24.2 Å². The number of hydrogen-bond acceptors (Lipinski definition) is 8. The van der Waals surface area contributed by atoms with Gasteiger partial charge in [-0.05, 0) is 25.8 Å². The summed E-state index contributed by atoms with van der Waals surface area (Å²) in [6.45, 7) is 10.4. The number of rotatable bonds is 4. The lowest BCUT2D eigenvalue weighted by atomic mass is 9.51. The molecule has 8 nitrogen and oxygen atoms in total. The lowest BCUT2D eigenvalue weighted by Crippen LogP contribution is -2.68. The van der Waals surface area contributed by atoms with Gasteiger partial charge in [0, 0.05) is 17.9 Å². The highest BCUT2D eigenvalue weighted by molar-refractivity contribution is 5.87. The molecule has 2 aliphatic carbocycles. The van der Waals surface area contributed by atoms with Gasteiger partial charge in [0.1, 0.15) is 30.5 Å². The van der Waals surface area contributed by atoms with Gasteiger partial charge in [-0.1, -0.05) is 19.6 Å². The molecule has 2 aliphatic heterocycles. The van der Waals surface area contributed by atoms with Gasteiger partial charge >= 0.3 is 11.9 Å². The van der Waals surface area contributed by atoms with Crippen molar-refractivity contribution in [2.75, 3.05) is 13.2 Å². The van der Waals surface area contributed by atoms with E-state index in [2.05, 4.69) is 6.58 Å². The molecule has 8 atom stereocenters. The van der Waals surface area contributed by atoms with Gasteiger partial charge in [-0.3, -0.25) is 4.79 Å². The lowest BCUT2D eigenvalue weighted by molar-refractivity contribution is -0.239. The zero-order valence-electron chi connectivity index (χ0n) is 17.1. The molecule has 4 aliphatic rings. The number of aliphatic hydroxyl groups is 2. The predicted octanol–water partition coefficient (Wildman–Crippen LogP) is 0.652. The minimum atomic E-state index is -1.13. The molecule has 2 N–H and O–H groups in total. The zero-order valence-corrected chi connectivity index (χ0v) is 17.1. The first-order valence-corrected chi connectivity index (χ1v) is 9.84. The summed E-state index contributed by atoms with van der Waals surface area (Å²) in [4.78, 5) is 24.1. The highest BCUT2D eigenvalue weighted by Gasteiger charge is 2.86. The van der Waals surface area contributed by atoms with Crippen LogP contribution in [0.15, 0.2) is 23.8 Å². The second kappa shape index (κ2) is 6.38. The number of esters is 2. The second-order valence-corrected chi connectivity index (χ2v) is 9.02. The number of aliphatic hydroxyl groups excluding tert-OH is 2. The second-order valence-electron chi connectivity index (χ2n) is 9.02. The van der Waals surface area contributed by atoms with E-state index in [-0.39, 0.29) is 18.6 Å². The van der Waals surface area contributed by atoms with E-state index in [1.54, 1.807) is 6.92 Å². The van der Waals surface area contributed by atoms with Crippen molar-refractivity contribution in [2.45, 2.75) is 70.2 Å². The van der Waals surface area contributed by atoms with Crippen molar-refractivity contribution in [2.24, 2.45) is 10.8 Å². The van der Waals surface area contributed by atoms with E-state index < -0.39 is 58.9 Å². The number of hydrogen-bond donors (Lipinski definition) is 2. The summed E-state index contributed by atoms with van der Waals surface area (Å²) in [6, 6.07) is 0. The Labute approximate surface area is 169 Å². The fourth-order valence-electron chi connectivity index (χ4n) is 5.64. The fourth-order valence-corrected chi connectivity index (χ4v) is 5.64. The first-order chi connectivity index (χ1) is 13.5. The van der Waals surface area contributed by atoms with Crippen LogP contribution in [0.1, 0.15) is 34.1 Å². The Balaban J connectivity index is 1.86. The zero-order chi connectivity index (χ0) is 21.4. The summed E-state index contributed by atoms with van der Waals surface area (Å²) in [6.07, 6.45) is -2.10.